The van der Waals surface area contributed by atoms with Gasteiger partial charge in [-0.2, -0.15) is 0 Å². The molecular formula is C16H24O5. The van der Waals surface area contributed by atoms with Crippen LogP contribution < -0.4 is 4.74 Å². The van der Waals surface area contributed by atoms with Gasteiger partial charge in [0.2, 0.25) is 0 Å². The molecule has 5 heteroatoms. The maximum Gasteiger partial charge on any atom is 0.157 e. The van der Waals surface area contributed by atoms with E-state index in [2.05, 4.69) is 0 Å². The molecule has 0 spiro atoms. The molecule has 0 aromatic heterocycles. The van der Waals surface area contributed by atoms with Gasteiger partial charge in [-0.05, 0) is 37.0 Å². The van der Waals surface area contributed by atoms with Crippen molar-refractivity contribution in [1.82, 2.24) is 0 Å². The predicted octanol–water partition coefficient (Wildman–Crippen LogP) is 2.12. The zero-order chi connectivity index (χ0) is 14.8. The lowest BCUT2D eigenvalue weighted by atomic mass is 10.2. The molecule has 1 fully saturated rings. The van der Waals surface area contributed by atoms with Crippen LogP contribution in [0.1, 0.15) is 24.8 Å². The Labute approximate surface area is 125 Å². The first-order valence-electron chi connectivity index (χ1n) is 7.52. The third-order valence-corrected chi connectivity index (χ3v) is 3.27. The van der Waals surface area contributed by atoms with Crippen LogP contribution in [0.25, 0.3) is 0 Å². The first kappa shape index (κ1) is 16.2. The molecule has 1 N–H and O–H groups in total. The number of rotatable bonds is 9. The SMILES string of the molecule is OCc1ccc(OCCOCCOC2CCCCO2)cc1. The molecule has 1 aliphatic heterocycles. The Morgan fingerprint density at radius 2 is 1.86 bits per heavy atom. The number of aliphatic hydroxyl groups is 1. The normalized spacial score (nSPS) is 18.6. The van der Waals surface area contributed by atoms with Crippen molar-refractivity contribution >= 4 is 0 Å². The van der Waals surface area contributed by atoms with Crippen LogP contribution in [0.4, 0.5) is 0 Å². The highest BCUT2D eigenvalue weighted by molar-refractivity contribution is 5.26. The predicted molar refractivity (Wildman–Crippen MR) is 78.2 cm³/mol. The molecule has 1 heterocycles. The van der Waals surface area contributed by atoms with Crippen molar-refractivity contribution in [3.8, 4) is 5.75 Å². The minimum atomic E-state index is -0.0522. The summed E-state index contributed by atoms with van der Waals surface area (Å²) in [6.45, 7) is 2.97. The van der Waals surface area contributed by atoms with Crippen molar-refractivity contribution < 1.29 is 24.1 Å². The summed E-state index contributed by atoms with van der Waals surface area (Å²) in [7, 11) is 0. The quantitative estimate of drug-likeness (QED) is 0.707. The van der Waals surface area contributed by atoms with Crippen LogP contribution in [0.15, 0.2) is 24.3 Å². The van der Waals surface area contributed by atoms with E-state index < -0.39 is 0 Å². The summed E-state index contributed by atoms with van der Waals surface area (Å²) in [6.07, 6.45) is 3.23. The van der Waals surface area contributed by atoms with Crippen molar-refractivity contribution in [3.05, 3.63) is 29.8 Å². The molecule has 0 bridgehead atoms. The highest BCUT2D eigenvalue weighted by atomic mass is 16.7. The Morgan fingerprint density at radius 1 is 1.05 bits per heavy atom. The van der Waals surface area contributed by atoms with Gasteiger partial charge < -0.3 is 24.1 Å². The summed E-state index contributed by atoms with van der Waals surface area (Å²) in [5.74, 6) is 0.780. The standard InChI is InChI=1S/C16H24O5/c17-13-14-4-6-15(7-5-14)19-11-9-18-10-12-21-16-3-1-2-8-20-16/h4-7,16-17H,1-3,8-13H2. The molecule has 1 aromatic rings. The Morgan fingerprint density at radius 3 is 2.57 bits per heavy atom. The van der Waals surface area contributed by atoms with Crippen LogP contribution in [0.3, 0.4) is 0 Å². The summed E-state index contributed by atoms with van der Waals surface area (Å²) in [5.41, 5.74) is 0.876. The van der Waals surface area contributed by atoms with Crippen molar-refractivity contribution in [3.63, 3.8) is 0 Å². The summed E-state index contributed by atoms with van der Waals surface area (Å²) >= 11 is 0. The molecule has 0 amide bonds. The van der Waals surface area contributed by atoms with Gasteiger partial charge in [-0.3, -0.25) is 0 Å². The van der Waals surface area contributed by atoms with Gasteiger partial charge in [0.05, 0.1) is 26.4 Å². The minimum Gasteiger partial charge on any atom is -0.491 e. The molecular weight excluding hydrogens is 272 g/mol. The largest absolute Gasteiger partial charge is 0.491 e. The molecule has 1 aromatic carbocycles. The van der Waals surface area contributed by atoms with E-state index in [9.17, 15) is 0 Å². The van der Waals surface area contributed by atoms with Crippen LogP contribution in [-0.4, -0.2) is 44.4 Å². The lowest BCUT2D eigenvalue weighted by Gasteiger charge is -2.22. The van der Waals surface area contributed by atoms with Crippen molar-refractivity contribution in [2.24, 2.45) is 0 Å². The monoisotopic (exact) mass is 296 g/mol. The zero-order valence-electron chi connectivity index (χ0n) is 12.3. The summed E-state index contributed by atoms with van der Waals surface area (Å²) in [6, 6.07) is 7.37. The maximum atomic E-state index is 8.94. The van der Waals surface area contributed by atoms with E-state index in [1.165, 1.54) is 6.42 Å². The number of hydrogen-bond acceptors (Lipinski definition) is 5. The lowest BCUT2D eigenvalue weighted by Crippen LogP contribution is -2.24. The van der Waals surface area contributed by atoms with Crippen molar-refractivity contribution in [2.45, 2.75) is 32.2 Å². The Kier molecular flexibility index (Phi) is 7.53. The smallest absolute Gasteiger partial charge is 0.157 e. The second-order valence-corrected chi connectivity index (χ2v) is 4.93. The number of ether oxygens (including phenoxy) is 4. The summed E-state index contributed by atoms with van der Waals surface area (Å²) < 4.78 is 22.0. The molecule has 2 rings (SSSR count). The molecule has 0 radical (unpaired) electrons. The fourth-order valence-electron chi connectivity index (χ4n) is 2.09. The van der Waals surface area contributed by atoms with E-state index in [-0.39, 0.29) is 12.9 Å². The Bertz CT molecular complexity index is 373. The van der Waals surface area contributed by atoms with E-state index in [4.69, 9.17) is 24.1 Å². The van der Waals surface area contributed by atoms with Crippen LogP contribution in [0.5, 0.6) is 5.75 Å². The molecule has 0 saturated carbocycles. The van der Waals surface area contributed by atoms with Gasteiger partial charge in [0.15, 0.2) is 6.29 Å². The molecule has 0 aliphatic carbocycles. The number of aliphatic hydroxyl groups excluding tert-OH is 1. The van der Waals surface area contributed by atoms with Crippen molar-refractivity contribution in [2.75, 3.05) is 33.0 Å². The topological polar surface area (TPSA) is 57.2 Å². The van der Waals surface area contributed by atoms with E-state index in [1.54, 1.807) is 0 Å². The highest BCUT2D eigenvalue weighted by Crippen LogP contribution is 2.13. The van der Waals surface area contributed by atoms with Gasteiger partial charge >= 0.3 is 0 Å². The third kappa shape index (κ3) is 6.44. The maximum absolute atomic E-state index is 8.94. The molecule has 1 unspecified atom stereocenters. The van der Waals surface area contributed by atoms with E-state index >= 15 is 0 Å². The van der Waals surface area contributed by atoms with E-state index in [0.717, 1.165) is 30.8 Å². The first-order valence-corrected chi connectivity index (χ1v) is 7.52. The van der Waals surface area contributed by atoms with Crippen molar-refractivity contribution in [1.29, 1.82) is 0 Å². The summed E-state index contributed by atoms with van der Waals surface area (Å²) in [4.78, 5) is 0. The second-order valence-electron chi connectivity index (χ2n) is 4.93. The van der Waals surface area contributed by atoms with Crippen LogP contribution in [-0.2, 0) is 20.8 Å². The zero-order valence-corrected chi connectivity index (χ0v) is 12.3. The molecule has 118 valence electrons. The van der Waals surface area contributed by atoms with E-state index in [0.29, 0.717) is 26.4 Å². The van der Waals surface area contributed by atoms with Gasteiger partial charge in [-0.25, -0.2) is 0 Å². The average molecular weight is 296 g/mol. The number of hydrogen-bond donors (Lipinski definition) is 1. The Balaban J connectivity index is 1.46. The van der Waals surface area contributed by atoms with E-state index in [1.807, 2.05) is 24.3 Å². The first-order chi connectivity index (χ1) is 10.4. The minimum absolute atomic E-state index is 0.0497. The molecule has 1 aliphatic rings. The van der Waals surface area contributed by atoms with Crippen LogP contribution in [0, 0.1) is 0 Å². The molecule has 5 nitrogen and oxygen atoms in total. The van der Waals surface area contributed by atoms with Crippen LogP contribution >= 0.6 is 0 Å². The third-order valence-electron chi connectivity index (χ3n) is 3.27. The fourth-order valence-corrected chi connectivity index (χ4v) is 2.09. The molecule has 21 heavy (non-hydrogen) atoms. The Hall–Kier alpha value is -1.14. The van der Waals surface area contributed by atoms with Crippen LogP contribution in [0.2, 0.25) is 0 Å². The highest BCUT2D eigenvalue weighted by Gasteiger charge is 2.13. The van der Waals surface area contributed by atoms with Gasteiger partial charge in [-0.1, -0.05) is 12.1 Å². The van der Waals surface area contributed by atoms with Gasteiger partial charge in [-0.15, -0.1) is 0 Å². The second kappa shape index (κ2) is 9.73. The molecule has 1 saturated heterocycles. The van der Waals surface area contributed by atoms with Gasteiger partial charge in [0.1, 0.15) is 12.4 Å². The average Bonchev–Trinajstić information content (AvgIpc) is 2.55. The molecule has 1 atom stereocenters. The fraction of sp³-hybridized carbons (Fsp3) is 0.625. The number of benzene rings is 1. The lowest BCUT2D eigenvalue weighted by molar-refractivity contribution is -0.169. The van der Waals surface area contributed by atoms with Gasteiger partial charge in [0.25, 0.3) is 0 Å². The summed E-state index contributed by atoms with van der Waals surface area (Å²) in [5, 5.41) is 8.94. The van der Waals surface area contributed by atoms with Gasteiger partial charge in [0, 0.05) is 6.61 Å².